The van der Waals surface area contributed by atoms with Crippen LogP contribution in [-0.2, 0) is 20.9 Å². The Bertz CT molecular complexity index is 961. The molecule has 1 aliphatic heterocycles. The number of carbonyl (C=O) groups is 2. The first-order valence-electron chi connectivity index (χ1n) is 13.1. The number of hydrogen-bond acceptors (Lipinski definition) is 3. The minimum absolute atomic E-state index is 0.0214. The van der Waals surface area contributed by atoms with Crippen LogP contribution in [0.1, 0.15) is 64.9 Å². The molecule has 1 N–H and O–H groups in total. The summed E-state index contributed by atoms with van der Waals surface area (Å²) < 4.78 is 6.42. The van der Waals surface area contributed by atoms with Gasteiger partial charge in [0.2, 0.25) is 11.8 Å². The van der Waals surface area contributed by atoms with E-state index in [1.54, 1.807) is 6.92 Å². The third kappa shape index (κ3) is 3.80. The van der Waals surface area contributed by atoms with Gasteiger partial charge in [-0.25, -0.2) is 0 Å². The lowest BCUT2D eigenvalue weighted by molar-refractivity contribution is -0.144. The SMILES string of the molecule is CC(=O)NC(OCc1ccccc1)[C@H]1CC[C@H]2[C@@H]3CC[C@H]4N(C)C(=O)C=C[C@]4(C)[C@H]3CC[C@]12C. The fourth-order valence-corrected chi connectivity index (χ4v) is 8.50. The number of nitrogens with zero attached hydrogens (tertiary/aromatic N) is 1. The summed E-state index contributed by atoms with van der Waals surface area (Å²) in [6.07, 6.45) is 10.7. The Hall–Kier alpha value is -2.14. The number of carbonyl (C=O) groups excluding carboxylic acids is 2. The number of nitrogens with one attached hydrogen (secondary N) is 1. The summed E-state index contributed by atoms with van der Waals surface area (Å²) >= 11 is 0. The predicted octanol–water partition coefficient (Wildman–Crippen LogP) is 4.92. The highest BCUT2D eigenvalue weighted by Crippen LogP contribution is 2.66. The monoisotopic (exact) mass is 464 g/mol. The molecule has 1 aromatic rings. The number of rotatable bonds is 5. The Balaban J connectivity index is 1.37. The van der Waals surface area contributed by atoms with E-state index in [0.29, 0.717) is 36.3 Å². The van der Waals surface area contributed by atoms with Crippen LogP contribution in [0, 0.1) is 34.5 Å². The van der Waals surface area contributed by atoms with E-state index < -0.39 is 0 Å². The van der Waals surface area contributed by atoms with Crippen molar-refractivity contribution in [3.63, 3.8) is 0 Å². The van der Waals surface area contributed by atoms with E-state index in [-0.39, 0.29) is 28.9 Å². The topological polar surface area (TPSA) is 58.6 Å². The van der Waals surface area contributed by atoms with Crippen LogP contribution >= 0.6 is 0 Å². The van der Waals surface area contributed by atoms with E-state index in [0.717, 1.165) is 24.8 Å². The van der Waals surface area contributed by atoms with Crippen LogP contribution in [0.4, 0.5) is 0 Å². The molecule has 5 heteroatoms. The number of ether oxygens (including phenoxy) is 1. The summed E-state index contributed by atoms with van der Waals surface area (Å²) in [6, 6.07) is 10.5. The third-order valence-corrected chi connectivity index (χ3v) is 10.2. The second-order valence-corrected chi connectivity index (χ2v) is 11.8. The lowest BCUT2D eigenvalue weighted by atomic mass is 9.47. The molecule has 1 aromatic carbocycles. The molecule has 5 nitrogen and oxygen atoms in total. The van der Waals surface area contributed by atoms with Gasteiger partial charge in [0.1, 0.15) is 6.23 Å². The Morgan fingerprint density at radius 3 is 2.62 bits per heavy atom. The van der Waals surface area contributed by atoms with Crippen molar-refractivity contribution >= 4 is 11.8 Å². The van der Waals surface area contributed by atoms with Gasteiger partial charge in [-0.2, -0.15) is 0 Å². The van der Waals surface area contributed by atoms with Crippen molar-refractivity contribution < 1.29 is 14.3 Å². The normalized spacial score (nSPS) is 39.7. The zero-order valence-corrected chi connectivity index (χ0v) is 21.1. The van der Waals surface area contributed by atoms with Crippen LogP contribution in [0.25, 0.3) is 0 Å². The fraction of sp³-hybridized carbons (Fsp3) is 0.655. The molecule has 1 heterocycles. The van der Waals surface area contributed by atoms with Gasteiger partial charge in [0.15, 0.2) is 0 Å². The van der Waals surface area contributed by atoms with Gasteiger partial charge in [-0.1, -0.05) is 50.3 Å². The smallest absolute Gasteiger partial charge is 0.246 e. The standard InChI is InChI=1S/C29H40N2O3/c1-19(32)30-27(34-18-20-8-6-5-7-9-20)24-12-11-22-21-10-13-25-29(3,17-15-26(33)31(25)4)23(21)14-16-28(22,24)2/h5-9,15,17,21-25,27H,10-14,16,18H2,1-4H3,(H,30,32)/t21-,22-,23-,24+,25+,27?,28-,29+/m0/s1. The van der Waals surface area contributed by atoms with Crippen molar-refractivity contribution in [3.8, 4) is 0 Å². The average Bonchev–Trinajstić information content (AvgIpc) is 3.17. The fourth-order valence-electron chi connectivity index (χ4n) is 8.50. The van der Waals surface area contributed by atoms with Crippen molar-refractivity contribution in [2.24, 2.45) is 34.5 Å². The molecule has 0 radical (unpaired) electrons. The lowest BCUT2D eigenvalue weighted by Gasteiger charge is -2.60. The summed E-state index contributed by atoms with van der Waals surface area (Å²) in [5, 5.41) is 3.17. The maximum absolute atomic E-state index is 12.3. The first-order valence-corrected chi connectivity index (χ1v) is 13.1. The van der Waals surface area contributed by atoms with E-state index in [9.17, 15) is 9.59 Å². The van der Waals surface area contributed by atoms with Gasteiger partial charge in [0.05, 0.1) is 6.61 Å². The number of fused-ring (bicyclic) bond motifs is 5. The summed E-state index contributed by atoms with van der Waals surface area (Å²) in [4.78, 5) is 26.5. The molecule has 8 atom stereocenters. The molecular weight excluding hydrogens is 424 g/mol. The van der Waals surface area contributed by atoms with E-state index >= 15 is 0 Å². The summed E-state index contributed by atoms with van der Waals surface area (Å²) in [7, 11) is 1.98. The van der Waals surface area contributed by atoms with Crippen LogP contribution in [0.15, 0.2) is 42.5 Å². The molecule has 184 valence electrons. The first kappa shape index (κ1) is 23.6. The Morgan fingerprint density at radius 1 is 1.12 bits per heavy atom. The van der Waals surface area contributed by atoms with Crippen LogP contribution < -0.4 is 5.32 Å². The average molecular weight is 465 g/mol. The molecular formula is C29H40N2O3. The molecule has 34 heavy (non-hydrogen) atoms. The molecule has 0 bridgehead atoms. The van der Waals surface area contributed by atoms with E-state index in [1.165, 1.54) is 19.3 Å². The van der Waals surface area contributed by atoms with Gasteiger partial charge in [-0.15, -0.1) is 0 Å². The Kier molecular flexibility index (Phi) is 6.12. The van der Waals surface area contributed by atoms with Gasteiger partial charge in [0.25, 0.3) is 0 Å². The molecule has 5 rings (SSSR count). The van der Waals surface area contributed by atoms with Crippen LogP contribution in [0.3, 0.4) is 0 Å². The number of hydrogen-bond donors (Lipinski definition) is 1. The zero-order chi connectivity index (χ0) is 24.1. The minimum Gasteiger partial charge on any atom is -0.354 e. The maximum Gasteiger partial charge on any atom is 0.246 e. The lowest BCUT2D eigenvalue weighted by Crippen LogP contribution is -2.60. The van der Waals surface area contributed by atoms with E-state index in [4.69, 9.17) is 4.74 Å². The van der Waals surface area contributed by atoms with E-state index in [2.05, 4.69) is 37.4 Å². The second-order valence-electron chi connectivity index (χ2n) is 11.8. The molecule has 3 aliphatic carbocycles. The van der Waals surface area contributed by atoms with Gasteiger partial charge < -0.3 is 15.0 Å². The molecule has 0 saturated heterocycles. The Morgan fingerprint density at radius 2 is 1.88 bits per heavy atom. The van der Waals surface area contributed by atoms with Gasteiger partial charge in [-0.3, -0.25) is 9.59 Å². The largest absolute Gasteiger partial charge is 0.354 e. The van der Waals surface area contributed by atoms with Gasteiger partial charge >= 0.3 is 0 Å². The van der Waals surface area contributed by atoms with E-state index in [1.807, 2.05) is 36.2 Å². The number of amides is 2. The molecule has 1 unspecified atom stereocenters. The quantitative estimate of drug-likeness (QED) is 0.629. The summed E-state index contributed by atoms with van der Waals surface area (Å²) in [6.45, 7) is 6.97. The van der Waals surface area contributed by atoms with Crippen molar-refractivity contribution in [2.75, 3.05) is 7.05 Å². The predicted molar refractivity (Wildman–Crippen MR) is 132 cm³/mol. The van der Waals surface area contributed by atoms with Crippen molar-refractivity contribution in [1.82, 2.24) is 10.2 Å². The minimum atomic E-state index is -0.255. The molecule has 3 fully saturated rings. The second kappa shape index (κ2) is 8.82. The molecule has 2 amide bonds. The van der Waals surface area contributed by atoms with Crippen LogP contribution in [0.2, 0.25) is 0 Å². The van der Waals surface area contributed by atoms with Gasteiger partial charge in [-0.05, 0) is 73.3 Å². The maximum atomic E-state index is 12.3. The third-order valence-electron chi connectivity index (χ3n) is 10.2. The molecule has 0 aromatic heterocycles. The number of benzene rings is 1. The summed E-state index contributed by atoms with van der Waals surface area (Å²) in [5.74, 6) is 2.37. The van der Waals surface area contributed by atoms with Crippen molar-refractivity contribution in [3.05, 3.63) is 48.0 Å². The zero-order valence-electron chi connectivity index (χ0n) is 21.1. The number of likely N-dealkylation sites (N-methyl/N-ethyl adjacent to an activating group) is 1. The first-order chi connectivity index (χ1) is 16.2. The highest BCUT2D eigenvalue weighted by atomic mass is 16.5. The molecule has 4 aliphatic rings. The molecule has 0 spiro atoms. The Labute approximate surface area is 204 Å². The van der Waals surface area contributed by atoms with Gasteiger partial charge in [0, 0.05) is 31.3 Å². The van der Waals surface area contributed by atoms with Crippen molar-refractivity contribution in [1.29, 1.82) is 0 Å². The molecule has 3 saturated carbocycles. The van der Waals surface area contributed by atoms with Crippen molar-refractivity contribution in [2.45, 2.75) is 78.2 Å². The van der Waals surface area contributed by atoms with Crippen LogP contribution in [0.5, 0.6) is 0 Å². The highest BCUT2D eigenvalue weighted by molar-refractivity contribution is 5.89. The van der Waals surface area contributed by atoms with Crippen LogP contribution in [-0.4, -0.2) is 36.0 Å². The highest BCUT2D eigenvalue weighted by Gasteiger charge is 2.61. The summed E-state index contributed by atoms with van der Waals surface area (Å²) in [5.41, 5.74) is 1.36.